The van der Waals surface area contributed by atoms with Crippen molar-refractivity contribution >= 4 is 5.97 Å². The number of hydrogen-bond donors (Lipinski definition) is 3. The van der Waals surface area contributed by atoms with Crippen LogP contribution in [0.4, 0.5) is 0 Å². The molecule has 0 bridgehead atoms. The van der Waals surface area contributed by atoms with Crippen LogP contribution in [0.15, 0.2) is 30.3 Å². The molecule has 0 aromatic heterocycles. The first kappa shape index (κ1) is 15.5. The number of carbonyl (C=O) groups is 1. The molecule has 2 saturated carbocycles. The van der Waals surface area contributed by atoms with Gasteiger partial charge in [0.05, 0.1) is 6.42 Å². The Labute approximate surface area is 132 Å². The van der Waals surface area contributed by atoms with E-state index in [1.807, 2.05) is 0 Å². The Hall–Kier alpha value is -1.39. The summed E-state index contributed by atoms with van der Waals surface area (Å²) in [6, 6.07) is 11.4. The van der Waals surface area contributed by atoms with Gasteiger partial charge >= 0.3 is 5.97 Å². The van der Waals surface area contributed by atoms with E-state index in [0.717, 1.165) is 13.1 Å². The molecule has 4 heteroatoms. The lowest BCUT2D eigenvalue weighted by Crippen LogP contribution is -2.48. The molecule has 1 aromatic rings. The normalized spacial score (nSPS) is 25.5. The molecule has 2 fully saturated rings. The maximum Gasteiger partial charge on any atom is 0.304 e. The average molecular weight is 302 g/mol. The number of hydrogen-bond acceptors (Lipinski definition) is 3. The van der Waals surface area contributed by atoms with Gasteiger partial charge in [-0.2, -0.15) is 0 Å². The first-order valence-electron chi connectivity index (χ1n) is 8.39. The van der Waals surface area contributed by atoms with Crippen LogP contribution in [0.1, 0.15) is 43.6 Å². The monoisotopic (exact) mass is 302 g/mol. The van der Waals surface area contributed by atoms with Crippen LogP contribution in [0.25, 0.3) is 0 Å². The van der Waals surface area contributed by atoms with Gasteiger partial charge in [-0.05, 0) is 30.2 Å². The van der Waals surface area contributed by atoms with Gasteiger partial charge in [-0.15, -0.1) is 0 Å². The highest BCUT2D eigenvalue weighted by Gasteiger charge is 2.42. The minimum atomic E-state index is -0.725. The van der Waals surface area contributed by atoms with E-state index in [4.69, 9.17) is 5.11 Å². The van der Waals surface area contributed by atoms with Gasteiger partial charge in [-0.25, -0.2) is 0 Å². The minimum Gasteiger partial charge on any atom is -0.481 e. The van der Waals surface area contributed by atoms with Crippen LogP contribution in [0.5, 0.6) is 0 Å². The molecule has 2 aliphatic rings. The highest BCUT2D eigenvalue weighted by molar-refractivity contribution is 5.66. The zero-order valence-electron chi connectivity index (χ0n) is 13.1. The fourth-order valence-corrected chi connectivity index (χ4v) is 3.48. The number of carboxylic acid groups (broad SMARTS) is 1. The zero-order chi connectivity index (χ0) is 15.4. The van der Waals surface area contributed by atoms with Crippen LogP contribution in [0.3, 0.4) is 0 Å². The van der Waals surface area contributed by atoms with Gasteiger partial charge in [0.1, 0.15) is 0 Å². The summed E-state index contributed by atoms with van der Waals surface area (Å²) >= 11 is 0. The first-order valence-corrected chi connectivity index (χ1v) is 8.39. The number of rotatable bonds is 9. The van der Waals surface area contributed by atoms with Crippen molar-refractivity contribution in [3.8, 4) is 0 Å². The van der Waals surface area contributed by atoms with E-state index in [1.54, 1.807) is 0 Å². The topological polar surface area (TPSA) is 61.4 Å². The Balaban J connectivity index is 1.39. The fraction of sp³-hybridized carbons (Fsp3) is 0.611. The highest BCUT2D eigenvalue weighted by atomic mass is 16.4. The van der Waals surface area contributed by atoms with E-state index in [2.05, 4.69) is 41.0 Å². The maximum absolute atomic E-state index is 10.5. The third kappa shape index (κ3) is 3.87. The van der Waals surface area contributed by atoms with Crippen molar-refractivity contribution in [3.05, 3.63) is 35.9 Å². The second kappa shape index (κ2) is 6.80. The summed E-state index contributed by atoms with van der Waals surface area (Å²) in [5, 5.41) is 15.8. The summed E-state index contributed by atoms with van der Waals surface area (Å²) in [5.74, 6) is -0.0461. The van der Waals surface area contributed by atoms with E-state index in [-0.39, 0.29) is 6.42 Å². The Morgan fingerprint density at radius 2 is 2.00 bits per heavy atom. The second-order valence-corrected chi connectivity index (χ2v) is 6.91. The summed E-state index contributed by atoms with van der Waals surface area (Å²) < 4.78 is 0. The van der Waals surface area contributed by atoms with E-state index in [0.29, 0.717) is 23.9 Å². The van der Waals surface area contributed by atoms with Gasteiger partial charge in [-0.3, -0.25) is 4.79 Å². The van der Waals surface area contributed by atoms with E-state index < -0.39 is 5.97 Å². The summed E-state index contributed by atoms with van der Waals surface area (Å²) in [4.78, 5) is 10.5. The SMILES string of the molecule is O=C(O)CCNCC1(CNC2C[C@@H]2c2ccccc2)CCC1. The molecule has 3 N–H and O–H groups in total. The lowest BCUT2D eigenvalue weighted by Gasteiger charge is -2.42. The Bertz CT molecular complexity index is 499. The summed E-state index contributed by atoms with van der Waals surface area (Å²) in [6.07, 6.45) is 5.26. The molecule has 4 nitrogen and oxygen atoms in total. The molecule has 120 valence electrons. The number of nitrogens with one attached hydrogen (secondary N) is 2. The van der Waals surface area contributed by atoms with Crippen LogP contribution in [-0.2, 0) is 4.79 Å². The second-order valence-electron chi connectivity index (χ2n) is 6.91. The highest BCUT2D eigenvalue weighted by Crippen LogP contribution is 2.44. The van der Waals surface area contributed by atoms with Gasteiger partial charge in [0.2, 0.25) is 0 Å². The number of aliphatic carboxylic acids is 1. The van der Waals surface area contributed by atoms with Crippen molar-refractivity contribution in [3.63, 3.8) is 0 Å². The summed E-state index contributed by atoms with van der Waals surface area (Å²) in [7, 11) is 0. The molecule has 0 amide bonds. The quantitative estimate of drug-likeness (QED) is 0.613. The molecule has 1 aromatic carbocycles. The zero-order valence-corrected chi connectivity index (χ0v) is 13.1. The Kier molecular flexibility index (Phi) is 4.79. The Morgan fingerprint density at radius 3 is 2.64 bits per heavy atom. The molecule has 0 saturated heterocycles. The van der Waals surface area contributed by atoms with Crippen LogP contribution in [0, 0.1) is 5.41 Å². The number of carboxylic acids is 1. The average Bonchev–Trinajstić information content (AvgIpc) is 3.25. The maximum atomic E-state index is 10.5. The molecule has 1 unspecified atom stereocenters. The van der Waals surface area contributed by atoms with Crippen molar-refractivity contribution in [1.29, 1.82) is 0 Å². The molecule has 2 aliphatic carbocycles. The lowest BCUT2D eigenvalue weighted by molar-refractivity contribution is -0.136. The van der Waals surface area contributed by atoms with Crippen LogP contribution in [0.2, 0.25) is 0 Å². The largest absolute Gasteiger partial charge is 0.481 e. The van der Waals surface area contributed by atoms with Crippen molar-refractivity contribution in [1.82, 2.24) is 10.6 Å². The molecular formula is C18H26N2O2. The smallest absolute Gasteiger partial charge is 0.304 e. The predicted molar refractivity (Wildman–Crippen MR) is 87.0 cm³/mol. The molecule has 0 aliphatic heterocycles. The van der Waals surface area contributed by atoms with Crippen molar-refractivity contribution in [2.24, 2.45) is 5.41 Å². The molecule has 2 atom stereocenters. The molecule has 0 heterocycles. The summed E-state index contributed by atoms with van der Waals surface area (Å²) in [6.45, 7) is 2.57. The summed E-state index contributed by atoms with van der Waals surface area (Å²) in [5.41, 5.74) is 1.80. The third-order valence-corrected chi connectivity index (χ3v) is 5.19. The first-order chi connectivity index (χ1) is 10.7. The molecular weight excluding hydrogens is 276 g/mol. The van der Waals surface area contributed by atoms with Crippen LogP contribution >= 0.6 is 0 Å². The Morgan fingerprint density at radius 1 is 1.23 bits per heavy atom. The van der Waals surface area contributed by atoms with Gasteiger partial charge in [0, 0.05) is 31.6 Å². The van der Waals surface area contributed by atoms with Crippen molar-refractivity contribution < 1.29 is 9.90 Å². The van der Waals surface area contributed by atoms with Crippen molar-refractivity contribution in [2.75, 3.05) is 19.6 Å². The van der Waals surface area contributed by atoms with Gasteiger partial charge in [-0.1, -0.05) is 36.8 Å². The van der Waals surface area contributed by atoms with E-state index in [1.165, 1.54) is 31.2 Å². The standard InChI is InChI=1S/C18H26N2O2/c21-17(22)7-10-19-12-18(8-4-9-18)13-20-16-11-15(16)14-5-2-1-3-6-14/h1-3,5-6,15-16,19-20H,4,7-13H2,(H,21,22)/t15-,16?/m1/s1. The van der Waals surface area contributed by atoms with Gasteiger partial charge in [0.25, 0.3) is 0 Å². The molecule has 0 radical (unpaired) electrons. The predicted octanol–water partition coefficient (Wildman–Crippen LogP) is 2.37. The van der Waals surface area contributed by atoms with Crippen LogP contribution in [-0.4, -0.2) is 36.8 Å². The molecule has 3 rings (SSSR count). The minimum absolute atomic E-state index is 0.211. The van der Waals surface area contributed by atoms with E-state index in [9.17, 15) is 4.79 Å². The third-order valence-electron chi connectivity index (χ3n) is 5.19. The van der Waals surface area contributed by atoms with E-state index >= 15 is 0 Å². The van der Waals surface area contributed by atoms with Crippen molar-refractivity contribution in [2.45, 2.75) is 44.1 Å². The molecule has 22 heavy (non-hydrogen) atoms. The van der Waals surface area contributed by atoms with Gasteiger partial charge < -0.3 is 15.7 Å². The fourth-order valence-electron chi connectivity index (χ4n) is 3.48. The van der Waals surface area contributed by atoms with Crippen LogP contribution < -0.4 is 10.6 Å². The van der Waals surface area contributed by atoms with Gasteiger partial charge in [0.15, 0.2) is 0 Å². The molecule has 0 spiro atoms. The number of benzene rings is 1. The lowest BCUT2D eigenvalue weighted by atomic mass is 9.68.